The second-order valence-corrected chi connectivity index (χ2v) is 17.4. The number of aryl methyl sites for hydroxylation is 2. The van der Waals surface area contributed by atoms with Gasteiger partial charge in [0.15, 0.2) is 11.5 Å². The quantitative estimate of drug-likeness (QED) is 0.0336. The molecule has 0 amide bonds. The predicted octanol–water partition coefficient (Wildman–Crippen LogP) is 6.72. The molecule has 0 bridgehead atoms. The number of unbranched alkanes of at least 4 members (excludes halogenated alkanes) is 1. The second-order valence-electron chi connectivity index (χ2n) is 14.9. The average molecular weight is 851 g/mol. The Morgan fingerprint density at radius 1 is 0.932 bits per heavy atom. The molecule has 8 N–H and O–H groups in total. The number of hydrogen-bond donors (Lipinski definition) is 8. The number of methoxy groups -OCH3 is 1. The zero-order valence-corrected chi connectivity index (χ0v) is 35.5. The van der Waals surface area contributed by atoms with E-state index in [1.807, 2.05) is 36.4 Å². The van der Waals surface area contributed by atoms with Crippen molar-refractivity contribution in [2.24, 2.45) is 0 Å². The van der Waals surface area contributed by atoms with Crippen molar-refractivity contribution in [2.45, 2.75) is 95.5 Å². The van der Waals surface area contributed by atoms with Gasteiger partial charge in [0.1, 0.15) is 23.5 Å². The minimum absolute atomic E-state index is 0.0320. The van der Waals surface area contributed by atoms with Crippen LogP contribution in [0.3, 0.4) is 0 Å². The number of carbonyl (C=O) groups excluding carboxylic acids is 2. The highest BCUT2D eigenvalue weighted by Crippen LogP contribution is 2.46. The topological polar surface area (TPSA) is 198 Å². The lowest BCUT2D eigenvalue weighted by Crippen LogP contribution is -2.32. The Kier molecular flexibility index (Phi) is 18.2. The zero-order chi connectivity index (χ0) is 42.3. The van der Waals surface area contributed by atoms with Gasteiger partial charge in [0.05, 0.1) is 32.5 Å². The number of carbonyl (C=O) groups is 2. The maximum absolute atomic E-state index is 14.1. The fourth-order valence-electron chi connectivity index (χ4n) is 7.47. The first-order chi connectivity index (χ1) is 28.6. The van der Waals surface area contributed by atoms with Crippen LogP contribution in [-0.2, 0) is 39.5 Å². The van der Waals surface area contributed by atoms with Gasteiger partial charge in [-0.2, -0.15) is 0 Å². The van der Waals surface area contributed by atoms with Crippen molar-refractivity contribution in [3.8, 4) is 28.4 Å². The van der Waals surface area contributed by atoms with Crippen LogP contribution in [0.5, 0.6) is 17.2 Å². The Hall–Kier alpha value is -3.86. The minimum atomic E-state index is -0.737. The fourth-order valence-corrected chi connectivity index (χ4v) is 9.76. The number of ketones is 2. The molecule has 0 spiro atoms. The van der Waals surface area contributed by atoms with Crippen molar-refractivity contribution in [2.75, 3.05) is 44.5 Å². The van der Waals surface area contributed by atoms with Crippen LogP contribution in [0.1, 0.15) is 85.9 Å². The maximum Gasteiger partial charge on any atom is 0.168 e. The van der Waals surface area contributed by atoms with Crippen molar-refractivity contribution in [3.63, 3.8) is 0 Å². The molecular weight excluding hydrogens is 793 g/mol. The van der Waals surface area contributed by atoms with Crippen molar-refractivity contribution in [3.05, 3.63) is 82.4 Å². The third-order valence-electron chi connectivity index (χ3n) is 10.5. The number of rotatable bonds is 16. The molecule has 0 radical (unpaired) electrons. The van der Waals surface area contributed by atoms with Gasteiger partial charge in [-0.15, -0.1) is 0 Å². The van der Waals surface area contributed by atoms with Crippen molar-refractivity contribution >= 4 is 49.6 Å². The number of phenolic OH excluding ortho intramolecular Hbond substituents is 2. The summed E-state index contributed by atoms with van der Waals surface area (Å²) in [5.74, 6) is 1.22. The summed E-state index contributed by atoms with van der Waals surface area (Å²) >= 11 is 0. The van der Waals surface area contributed by atoms with Crippen LogP contribution in [0.4, 0.5) is 5.69 Å². The maximum atomic E-state index is 14.1. The van der Waals surface area contributed by atoms with Gasteiger partial charge < -0.3 is 45.4 Å². The number of benzene rings is 4. The van der Waals surface area contributed by atoms with Gasteiger partial charge in [0, 0.05) is 54.4 Å². The molecule has 5 rings (SSSR count). The van der Waals surface area contributed by atoms with Gasteiger partial charge in [0.2, 0.25) is 0 Å². The van der Waals surface area contributed by atoms with Crippen LogP contribution >= 0.6 is 21.6 Å². The van der Waals surface area contributed by atoms with Gasteiger partial charge in [-0.1, -0.05) is 45.9 Å². The van der Waals surface area contributed by atoms with Crippen LogP contribution in [0.2, 0.25) is 0 Å². The fraction of sp³-hybridized carbons (Fsp3) is 0.467. The lowest BCUT2D eigenvalue weighted by atomic mass is 9.89. The number of nitrogens with one attached hydrogen (secondary N) is 2. The second kappa shape index (κ2) is 23.2. The number of aliphatic hydroxyl groups excluding tert-OH is 4. The van der Waals surface area contributed by atoms with E-state index in [0.717, 1.165) is 38.6 Å². The van der Waals surface area contributed by atoms with E-state index in [1.54, 1.807) is 29.0 Å². The Morgan fingerprint density at radius 3 is 2.47 bits per heavy atom. The molecule has 14 heteroatoms. The van der Waals surface area contributed by atoms with Crippen LogP contribution in [0.25, 0.3) is 21.9 Å². The number of fused-ring (bicyclic) bond motifs is 5. The average Bonchev–Trinajstić information content (AvgIpc) is 3.22. The standard InChI is InChI=1S/C45H58N2O10S2/c1-28(51)24-47-41-21-31(6-5-19-49)39(20-32(41)25-50)45(46-17-3-4-18-48)57-36-14-13-35(54)26-58-59-27-40-37(15-9-29-7-11-34(53)23-38(29)40)43-30(8-12-33(52)22-36)10-16-42(55)44(43)56-2/h7,9-11,15-16,20-21,23,35-36,45-50,53-55H,3-6,8,12-14,17-19,22,24-27H2,1-2H3. The largest absolute Gasteiger partial charge is 0.508 e. The molecule has 3 unspecified atom stereocenters. The number of aliphatic hydroxyl groups is 4. The summed E-state index contributed by atoms with van der Waals surface area (Å²) in [6.45, 7) is 1.74. The van der Waals surface area contributed by atoms with E-state index in [0.29, 0.717) is 85.6 Å². The highest BCUT2D eigenvalue weighted by molar-refractivity contribution is 8.76. The first-order valence-corrected chi connectivity index (χ1v) is 22.7. The van der Waals surface area contributed by atoms with E-state index < -0.39 is 18.4 Å². The van der Waals surface area contributed by atoms with Crippen LogP contribution in [-0.4, -0.2) is 93.6 Å². The molecule has 4 aromatic carbocycles. The summed E-state index contributed by atoms with van der Waals surface area (Å²) in [6.07, 6.45) is 1.48. The third-order valence-corrected chi connectivity index (χ3v) is 12.9. The first-order valence-electron chi connectivity index (χ1n) is 20.2. The lowest BCUT2D eigenvalue weighted by molar-refractivity contribution is -0.124. The summed E-state index contributed by atoms with van der Waals surface area (Å²) < 4.78 is 12.6. The van der Waals surface area contributed by atoms with Crippen molar-refractivity contribution < 1.29 is 49.7 Å². The van der Waals surface area contributed by atoms with Gasteiger partial charge in [0.25, 0.3) is 0 Å². The molecule has 0 aliphatic carbocycles. The van der Waals surface area contributed by atoms with E-state index >= 15 is 0 Å². The summed E-state index contributed by atoms with van der Waals surface area (Å²) in [5, 5.41) is 70.8. The van der Waals surface area contributed by atoms with Crippen LogP contribution < -0.4 is 15.4 Å². The summed E-state index contributed by atoms with van der Waals surface area (Å²) in [7, 11) is 4.62. The highest BCUT2D eigenvalue weighted by atomic mass is 33.1. The monoisotopic (exact) mass is 850 g/mol. The molecule has 4 aromatic rings. The SMILES string of the molecule is COc1c(O)ccc2c1-c1ccc3ccc(O)cc3c1CSSCC(O)CCC(OC(NCCCCO)c1cc(CO)c(NCC(C)=O)cc1CCCO)CC(=O)CC2. The van der Waals surface area contributed by atoms with Crippen molar-refractivity contribution in [1.82, 2.24) is 5.32 Å². The van der Waals surface area contributed by atoms with E-state index in [9.17, 15) is 40.2 Å². The zero-order valence-electron chi connectivity index (χ0n) is 33.9. The molecule has 1 aliphatic heterocycles. The van der Waals surface area contributed by atoms with Gasteiger partial charge in [-0.05, 0) is 127 Å². The lowest BCUT2D eigenvalue weighted by Gasteiger charge is -2.29. The summed E-state index contributed by atoms with van der Waals surface area (Å²) in [6, 6.07) is 16.3. The van der Waals surface area contributed by atoms with Gasteiger partial charge in [-0.25, -0.2) is 0 Å². The molecule has 3 atom stereocenters. The Bertz CT molecular complexity index is 2030. The molecular formula is C45H58N2O10S2. The molecule has 12 nitrogen and oxygen atoms in total. The predicted molar refractivity (Wildman–Crippen MR) is 235 cm³/mol. The number of ether oxygens (including phenoxy) is 2. The highest BCUT2D eigenvalue weighted by Gasteiger charge is 2.27. The molecule has 0 fully saturated rings. The number of phenols is 2. The first kappa shape index (κ1) is 46.2. The molecule has 0 saturated carbocycles. The molecule has 1 aliphatic rings. The Morgan fingerprint density at radius 2 is 1.73 bits per heavy atom. The van der Waals surface area contributed by atoms with E-state index in [2.05, 4.69) is 10.6 Å². The normalized spacial score (nSPS) is 17.3. The van der Waals surface area contributed by atoms with E-state index in [4.69, 9.17) is 9.47 Å². The molecule has 0 saturated heterocycles. The number of Topliss-reactive ketones (excluding diaryl/α,β-unsaturated/α-hetero) is 2. The molecule has 320 valence electrons. The smallest absolute Gasteiger partial charge is 0.168 e. The van der Waals surface area contributed by atoms with E-state index in [-0.39, 0.29) is 62.3 Å². The number of aromatic hydroxyl groups is 2. The van der Waals surface area contributed by atoms with E-state index in [1.165, 1.54) is 24.8 Å². The molecule has 59 heavy (non-hydrogen) atoms. The summed E-state index contributed by atoms with van der Waals surface area (Å²) in [4.78, 5) is 25.9. The van der Waals surface area contributed by atoms with Gasteiger partial charge in [-0.3, -0.25) is 14.9 Å². The number of hydrogen-bond acceptors (Lipinski definition) is 14. The van der Waals surface area contributed by atoms with Crippen LogP contribution in [0, 0.1) is 0 Å². The Labute approximate surface area is 354 Å². The molecule has 1 heterocycles. The third kappa shape index (κ3) is 12.8. The Balaban J connectivity index is 1.51. The summed E-state index contributed by atoms with van der Waals surface area (Å²) in [5.41, 5.74) is 5.98. The van der Waals surface area contributed by atoms with Crippen molar-refractivity contribution in [1.29, 1.82) is 0 Å². The van der Waals surface area contributed by atoms with Crippen LogP contribution in [0.15, 0.2) is 54.6 Å². The van der Waals surface area contributed by atoms with Gasteiger partial charge >= 0.3 is 0 Å². The molecule has 0 aromatic heterocycles. The minimum Gasteiger partial charge on any atom is -0.508 e. The number of anilines is 1.